The Balaban J connectivity index is 0.00000146. The van der Waals surface area contributed by atoms with Gasteiger partial charge in [-0.1, -0.05) is 0 Å². The van der Waals surface area contributed by atoms with Gasteiger partial charge in [-0.2, -0.15) is 15.3 Å². The van der Waals surface area contributed by atoms with Gasteiger partial charge in [0.15, 0.2) is 0 Å². The van der Waals surface area contributed by atoms with Crippen LogP contribution in [0.15, 0.2) is 43.0 Å². The maximum atomic E-state index is 4.47. The zero-order valence-corrected chi connectivity index (χ0v) is 14.0. The number of nitrogens with zero attached hydrogens (tertiary/aromatic N) is 5. The average Bonchev–Trinajstić information content (AvgIpc) is 3.18. The lowest BCUT2D eigenvalue weighted by atomic mass is 10.1. The molecule has 5 rings (SSSR count). The molecule has 2 bridgehead atoms. The summed E-state index contributed by atoms with van der Waals surface area (Å²) in [5.74, 6) is 0. The van der Waals surface area contributed by atoms with Crippen LogP contribution in [0.2, 0.25) is 0 Å². The summed E-state index contributed by atoms with van der Waals surface area (Å²) in [6.45, 7) is 2.15. The van der Waals surface area contributed by atoms with E-state index >= 15 is 0 Å². The molecule has 6 nitrogen and oxygen atoms in total. The summed E-state index contributed by atoms with van der Waals surface area (Å²) in [6, 6.07) is 7.56. The monoisotopic (exact) mass is 342 g/mol. The third-order valence-corrected chi connectivity index (χ3v) is 4.96. The van der Waals surface area contributed by atoms with Gasteiger partial charge in [0.25, 0.3) is 0 Å². The van der Waals surface area contributed by atoms with Gasteiger partial charge in [0.2, 0.25) is 0 Å². The molecule has 0 aliphatic carbocycles. The number of aromatic nitrogens is 4. The molecule has 2 fully saturated rings. The number of hydrogen-bond acceptors (Lipinski definition) is 5. The van der Waals surface area contributed by atoms with Crippen LogP contribution in [0.5, 0.6) is 0 Å². The molecule has 2 saturated heterocycles. The molecule has 2 aliphatic heterocycles. The van der Waals surface area contributed by atoms with E-state index in [2.05, 4.69) is 43.8 Å². The van der Waals surface area contributed by atoms with Crippen molar-refractivity contribution in [3.8, 4) is 11.1 Å². The number of halogens is 1. The van der Waals surface area contributed by atoms with E-state index in [9.17, 15) is 0 Å². The second kappa shape index (κ2) is 6.03. The number of rotatable bonds is 2. The second-order valence-corrected chi connectivity index (χ2v) is 6.45. The maximum Gasteiger partial charge on any atom is 0.0886 e. The number of piperazine rings is 1. The van der Waals surface area contributed by atoms with E-state index in [1.165, 1.54) is 18.5 Å². The van der Waals surface area contributed by atoms with Crippen LogP contribution in [-0.4, -0.2) is 45.0 Å². The third kappa shape index (κ3) is 2.52. The minimum Gasteiger partial charge on any atom is -0.367 e. The fraction of sp³-hybridized carbons (Fsp3) is 0.353. The summed E-state index contributed by atoms with van der Waals surface area (Å²) < 4.78 is 1.97. The van der Waals surface area contributed by atoms with Crippen molar-refractivity contribution in [1.82, 2.24) is 25.1 Å². The molecule has 0 aromatic carbocycles. The van der Waals surface area contributed by atoms with Crippen LogP contribution in [-0.2, 0) is 0 Å². The van der Waals surface area contributed by atoms with Crippen LogP contribution in [0.25, 0.3) is 16.6 Å². The highest BCUT2D eigenvalue weighted by atomic mass is 35.5. The number of nitrogens with one attached hydrogen (secondary N) is 1. The molecule has 7 heteroatoms. The first kappa shape index (κ1) is 15.4. The van der Waals surface area contributed by atoms with Gasteiger partial charge >= 0.3 is 0 Å². The van der Waals surface area contributed by atoms with Crippen LogP contribution >= 0.6 is 12.4 Å². The van der Waals surface area contributed by atoms with Crippen molar-refractivity contribution < 1.29 is 0 Å². The van der Waals surface area contributed by atoms with Crippen LogP contribution in [0, 0.1) is 0 Å². The Bertz CT molecular complexity index is 837. The predicted molar refractivity (Wildman–Crippen MR) is 95.6 cm³/mol. The topological polar surface area (TPSA) is 58.4 Å². The summed E-state index contributed by atoms with van der Waals surface area (Å²) in [7, 11) is 0. The molecule has 3 aromatic heterocycles. The van der Waals surface area contributed by atoms with Crippen molar-refractivity contribution >= 4 is 23.6 Å². The molecule has 0 radical (unpaired) electrons. The summed E-state index contributed by atoms with van der Waals surface area (Å²) in [5, 5.41) is 16.0. The first-order valence-corrected chi connectivity index (χ1v) is 8.12. The normalized spacial score (nSPS) is 22.6. The quantitative estimate of drug-likeness (QED) is 0.773. The molecule has 0 amide bonds. The lowest BCUT2D eigenvalue weighted by Gasteiger charge is -2.34. The standard InChI is InChI=1S/C17H18N6.ClH/c1-2-15-11-22(10-14(1)21-15)16-4-6-20-23-9-13(7-17(16)23)12-3-5-18-19-8-12;/h3-9,14-15,21H,1-2,10-11H2;1H. The zero-order chi connectivity index (χ0) is 15.2. The first-order chi connectivity index (χ1) is 11.4. The van der Waals surface area contributed by atoms with Gasteiger partial charge in [-0.3, -0.25) is 0 Å². The van der Waals surface area contributed by atoms with Crippen LogP contribution in [0.4, 0.5) is 5.69 Å². The number of fused-ring (bicyclic) bond motifs is 3. The molecule has 1 N–H and O–H groups in total. The minimum atomic E-state index is 0. The summed E-state index contributed by atoms with van der Waals surface area (Å²) >= 11 is 0. The fourth-order valence-electron chi connectivity index (χ4n) is 3.88. The van der Waals surface area contributed by atoms with Crippen molar-refractivity contribution in [1.29, 1.82) is 0 Å². The summed E-state index contributed by atoms with van der Waals surface area (Å²) in [5.41, 5.74) is 4.61. The second-order valence-electron chi connectivity index (χ2n) is 6.45. The third-order valence-electron chi connectivity index (χ3n) is 4.96. The molecule has 0 saturated carbocycles. The van der Waals surface area contributed by atoms with E-state index in [-0.39, 0.29) is 12.4 Å². The highest BCUT2D eigenvalue weighted by molar-refractivity contribution is 5.85. The molecule has 0 spiro atoms. The smallest absolute Gasteiger partial charge is 0.0886 e. The number of hydrogen-bond donors (Lipinski definition) is 1. The van der Waals surface area contributed by atoms with Crippen LogP contribution < -0.4 is 10.2 Å². The van der Waals surface area contributed by atoms with Crippen LogP contribution in [0.3, 0.4) is 0 Å². The lowest BCUT2D eigenvalue weighted by molar-refractivity contribution is 0.466. The molecule has 3 aromatic rings. The Kier molecular flexibility index (Phi) is 3.86. The van der Waals surface area contributed by atoms with Crippen LogP contribution in [0.1, 0.15) is 12.8 Å². The van der Waals surface area contributed by atoms with E-state index < -0.39 is 0 Å². The maximum absolute atomic E-state index is 4.47. The van der Waals surface area contributed by atoms with Gasteiger partial charge in [-0.25, -0.2) is 4.52 Å². The van der Waals surface area contributed by atoms with Gasteiger partial charge in [-0.05, 0) is 31.0 Å². The molecular formula is C17H19ClN6. The summed E-state index contributed by atoms with van der Waals surface area (Å²) in [6.07, 6.45) is 10.0. The van der Waals surface area contributed by atoms with Gasteiger partial charge < -0.3 is 10.2 Å². The molecule has 5 heterocycles. The Morgan fingerprint density at radius 1 is 1.00 bits per heavy atom. The average molecular weight is 343 g/mol. The Labute approximate surface area is 146 Å². The Hall–Kier alpha value is -2.18. The molecule has 2 unspecified atom stereocenters. The molecule has 2 atom stereocenters. The highest BCUT2D eigenvalue weighted by Gasteiger charge is 2.32. The predicted octanol–water partition coefficient (Wildman–Crippen LogP) is 2.15. The van der Waals surface area contributed by atoms with E-state index in [1.807, 2.05) is 16.8 Å². The Morgan fingerprint density at radius 3 is 2.58 bits per heavy atom. The SMILES string of the molecule is Cl.c1cc(-c2cc3c(N4CC5CCC(C4)N5)ccnn3c2)cnn1. The van der Waals surface area contributed by atoms with Gasteiger partial charge in [0, 0.05) is 48.7 Å². The van der Waals surface area contributed by atoms with Crippen molar-refractivity contribution in [3.05, 3.63) is 43.0 Å². The number of anilines is 1. The van der Waals surface area contributed by atoms with Gasteiger partial charge in [0.1, 0.15) is 0 Å². The lowest BCUT2D eigenvalue weighted by Crippen LogP contribution is -2.51. The van der Waals surface area contributed by atoms with Gasteiger partial charge in [-0.15, -0.1) is 12.4 Å². The van der Waals surface area contributed by atoms with Crippen molar-refractivity contribution in [3.63, 3.8) is 0 Å². The minimum absolute atomic E-state index is 0. The van der Waals surface area contributed by atoms with E-state index in [1.54, 1.807) is 12.4 Å². The summed E-state index contributed by atoms with van der Waals surface area (Å²) in [4.78, 5) is 2.50. The fourth-order valence-corrected chi connectivity index (χ4v) is 3.88. The first-order valence-electron chi connectivity index (χ1n) is 8.12. The van der Waals surface area contributed by atoms with Gasteiger partial charge in [0.05, 0.1) is 23.6 Å². The molecule has 124 valence electrons. The largest absolute Gasteiger partial charge is 0.367 e. The molecule has 2 aliphatic rings. The van der Waals surface area contributed by atoms with E-state index in [4.69, 9.17) is 0 Å². The van der Waals surface area contributed by atoms with Crippen molar-refractivity contribution in [2.45, 2.75) is 24.9 Å². The zero-order valence-electron chi connectivity index (χ0n) is 13.2. The highest BCUT2D eigenvalue weighted by Crippen LogP contribution is 2.30. The van der Waals surface area contributed by atoms with Crippen molar-refractivity contribution in [2.24, 2.45) is 0 Å². The molecule has 24 heavy (non-hydrogen) atoms. The Morgan fingerprint density at radius 2 is 1.83 bits per heavy atom. The molecular weight excluding hydrogens is 324 g/mol. The van der Waals surface area contributed by atoms with E-state index in [0.29, 0.717) is 12.1 Å². The van der Waals surface area contributed by atoms with Crippen molar-refractivity contribution in [2.75, 3.05) is 18.0 Å². The van der Waals surface area contributed by atoms with E-state index in [0.717, 1.165) is 29.7 Å².